The Balaban J connectivity index is 1.92. The number of ether oxygens (including phenoxy) is 1. The van der Waals surface area contributed by atoms with Crippen LogP contribution in [0.2, 0.25) is 0 Å². The summed E-state index contributed by atoms with van der Waals surface area (Å²) in [7, 11) is 0. The first-order valence-corrected chi connectivity index (χ1v) is 7.86. The molecule has 126 valence electrons. The van der Waals surface area contributed by atoms with Gasteiger partial charge in [-0.15, -0.1) is 0 Å². The normalized spacial score (nSPS) is 10.3. The Labute approximate surface area is 142 Å². The molecule has 0 aromatic heterocycles. The molecule has 0 unspecified atom stereocenters. The summed E-state index contributed by atoms with van der Waals surface area (Å²) in [6.45, 7) is 5.53. The largest absolute Gasteiger partial charge is 0.489 e. The Morgan fingerprint density at radius 1 is 1.04 bits per heavy atom. The SMILES string of the molecule is CC(=O)c1ccc(NC(=O)CNc2ccccc2OC(C)C)cc1. The molecule has 24 heavy (non-hydrogen) atoms. The van der Waals surface area contributed by atoms with Gasteiger partial charge in [0.1, 0.15) is 5.75 Å². The quantitative estimate of drug-likeness (QED) is 0.761. The van der Waals surface area contributed by atoms with E-state index in [2.05, 4.69) is 10.6 Å². The van der Waals surface area contributed by atoms with Crippen molar-refractivity contribution >= 4 is 23.1 Å². The van der Waals surface area contributed by atoms with Crippen LogP contribution in [0.15, 0.2) is 48.5 Å². The Morgan fingerprint density at radius 2 is 1.71 bits per heavy atom. The summed E-state index contributed by atoms with van der Waals surface area (Å²) in [5, 5.41) is 5.86. The zero-order chi connectivity index (χ0) is 17.5. The van der Waals surface area contributed by atoms with Crippen molar-refractivity contribution in [2.45, 2.75) is 26.9 Å². The molecule has 2 aromatic rings. The predicted octanol–water partition coefficient (Wildman–Crippen LogP) is 3.73. The molecule has 0 heterocycles. The van der Waals surface area contributed by atoms with Gasteiger partial charge in [0.25, 0.3) is 0 Å². The minimum atomic E-state index is -0.176. The minimum Gasteiger partial charge on any atom is -0.489 e. The van der Waals surface area contributed by atoms with Gasteiger partial charge in [-0.05, 0) is 57.2 Å². The van der Waals surface area contributed by atoms with Crippen molar-refractivity contribution in [1.29, 1.82) is 0 Å². The third-order valence-corrected chi connectivity index (χ3v) is 3.26. The Bertz CT molecular complexity index is 709. The maximum atomic E-state index is 12.1. The Kier molecular flexibility index (Phi) is 5.95. The number of carbonyl (C=O) groups excluding carboxylic acids is 2. The van der Waals surface area contributed by atoms with Gasteiger partial charge in [-0.2, -0.15) is 0 Å². The van der Waals surface area contributed by atoms with Gasteiger partial charge in [-0.1, -0.05) is 12.1 Å². The molecule has 0 radical (unpaired) electrons. The third kappa shape index (κ3) is 5.12. The predicted molar refractivity (Wildman–Crippen MR) is 95.8 cm³/mol. The van der Waals surface area contributed by atoms with E-state index in [1.807, 2.05) is 38.1 Å². The number of anilines is 2. The molecule has 0 saturated heterocycles. The summed E-state index contributed by atoms with van der Waals surface area (Å²) in [4.78, 5) is 23.3. The molecule has 5 nitrogen and oxygen atoms in total. The molecule has 2 aromatic carbocycles. The molecule has 0 aliphatic rings. The smallest absolute Gasteiger partial charge is 0.243 e. The molecule has 0 spiro atoms. The molecular formula is C19H22N2O3. The zero-order valence-corrected chi connectivity index (χ0v) is 14.1. The van der Waals surface area contributed by atoms with E-state index in [1.54, 1.807) is 24.3 Å². The number of ketones is 1. The van der Waals surface area contributed by atoms with Gasteiger partial charge in [-0.25, -0.2) is 0 Å². The summed E-state index contributed by atoms with van der Waals surface area (Å²) >= 11 is 0. The van der Waals surface area contributed by atoms with E-state index >= 15 is 0 Å². The molecule has 5 heteroatoms. The first kappa shape index (κ1) is 17.5. The standard InChI is InChI=1S/C19H22N2O3/c1-13(2)24-18-7-5-4-6-17(18)20-12-19(23)21-16-10-8-15(9-11-16)14(3)22/h4-11,13,20H,12H2,1-3H3,(H,21,23). The highest BCUT2D eigenvalue weighted by molar-refractivity contribution is 5.96. The summed E-state index contributed by atoms with van der Waals surface area (Å²) in [6, 6.07) is 14.3. The van der Waals surface area contributed by atoms with E-state index in [1.165, 1.54) is 6.92 Å². The van der Waals surface area contributed by atoms with Crippen LogP contribution in [0.4, 0.5) is 11.4 Å². The van der Waals surface area contributed by atoms with Crippen LogP contribution in [0, 0.1) is 0 Å². The van der Waals surface area contributed by atoms with Crippen LogP contribution in [-0.4, -0.2) is 24.3 Å². The molecule has 0 fully saturated rings. The fourth-order valence-corrected chi connectivity index (χ4v) is 2.14. The second-order valence-corrected chi connectivity index (χ2v) is 5.70. The number of amides is 1. The lowest BCUT2D eigenvalue weighted by Gasteiger charge is -2.15. The molecular weight excluding hydrogens is 304 g/mol. The van der Waals surface area contributed by atoms with E-state index in [9.17, 15) is 9.59 Å². The van der Waals surface area contributed by atoms with Crippen LogP contribution in [0.1, 0.15) is 31.1 Å². The lowest BCUT2D eigenvalue weighted by molar-refractivity contribution is -0.114. The Hall–Kier alpha value is -2.82. The maximum absolute atomic E-state index is 12.1. The van der Waals surface area contributed by atoms with Gasteiger partial charge in [-0.3, -0.25) is 9.59 Å². The number of rotatable bonds is 7. The molecule has 0 aliphatic carbocycles. The highest BCUT2D eigenvalue weighted by Gasteiger charge is 2.07. The minimum absolute atomic E-state index is 0.00342. The molecule has 1 amide bonds. The van der Waals surface area contributed by atoms with Gasteiger partial charge in [0.05, 0.1) is 18.3 Å². The second kappa shape index (κ2) is 8.15. The van der Waals surface area contributed by atoms with Crippen LogP contribution < -0.4 is 15.4 Å². The van der Waals surface area contributed by atoms with E-state index in [0.717, 1.165) is 5.69 Å². The van der Waals surface area contributed by atoms with Gasteiger partial charge >= 0.3 is 0 Å². The van der Waals surface area contributed by atoms with Crippen molar-refractivity contribution in [2.75, 3.05) is 17.2 Å². The first-order chi connectivity index (χ1) is 11.5. The summed E-state index contributed by atoms with van der Waals surface area (Å²) in [6.07, 6.45) is 0.0570. The number of nitrogens with one attached hydrogen (secondary N) is 2. The fraction of sp³-hybridized carbons (Fsp3) is 0.263. The van der Waals surface area contributed by atoms with Crippen molar-refractivity contribution in [3.05, 3.63) is 54.1 Å². The van der Waals surface area contributed by atoms with Crippen LogP contribution in [-0.2, 0) is 4.79 Å². The average molecular weight is 326 g/mol. The van der Waals surface area contributed by atoms with Gasteiger partial charge < -0.3 is 15.4 Å². The van der Waals surface area contributed by atoms with Crippen LogP contribution in [0.5, 0.6) is 5.75 Å². The highest BCUT2D eigenvalue weighted by Crippen LogP contribution is 2.24. The fourth-order valence-electron chi connectivity index (χ4n) is 2.14. The van der Waals surface area contributed by atoms with Gasteiger partial charge in [0.2, 0.25) is 5.91 Å². The molecule has 0 aliphatic heterocycles. The van der Waals surface area contributed by atoms with Crippen molar-refractivity contribution in [3.8, 4) is 5.75 Å². The van der Waals surface area contributed by atoms with Crippen LogP contribution >= 0.6 is 0 Å². The highest BCUT2D eigenvalue weighted by atomic mass is 16.5. The van der Waals surface area contributed by atoms with E-state index in [4.69, 9.17) is 4.74 Å². The van der Waals surface area contributed by atoms with Crippen molar-refractivity contribution in [1.82, 2.24) is 0 Å². The zero-order valence-electron chi connectivity index (χ0n) is 14.1. The number of hydrogen-bond acceptors (Lipinski definition) is 4. The van der Waals surface area contributed by atoms with Crippen LogP contribution in [0.3, 0.4) is 0 Å². The van der Waals surface area contributed by atoms with Crippen molar-refractivity contribution < 1.29 is 14.3 Å². The third-order valence-electron chi connectivity index (χ3n) is 3.26. The molecule has 0 saturated carbocycles. The van der Waals surface area contributed by atoms with Gasteiger partial charge in [0, 0.05) is 11.3 Å². The molecule has 2 N–H and O–H groups in total. The molecule has 0 bridgehead atoms. The maximum Gasteiger partial charge on any atom is 0.243 e. The first-order valence-electron chi connectivity index (χ1n) is 7.86. The van der Waals surface area contributed by atoms with E-state index in [-0.39, 0.29) is 24.3 Å². The Morgan fingerprint density at radius 3 is 2.33 bits per heavy atom. The number of benzene rings is 2. The van der Waals surface area contributed by atoms with Crippen molar-refractivity contribution in [3.63, 3.8) is 0 Å². The topological polar surface area (TPSA) is 67.4 Å². The lowest BCUT2D eigenvalue weighted by Crippen LogP contribution is -2.22. The number of carbonyl (C=O) groups is 2. The number of para-hydroxylation sites is 2. The average Bonchev–Trinajstić information content (AvgIpc) is 2.54. The molecule has 2 rings (SSSR count). The van der Waals surface area contributed by atoms with E-state index in [0.29, 0.717) is 17.0 Å². The summed E-state index contributed by atoms with van der Waals surface area (Å²) < 4.78 is 5.71. The van der Waals surface area contributed by atoms with Gasteiger partial charge in [0.15, 0.2) is 5.78 Å². The van der Waals surface area contributed by atoms with Crippen LogP contribution in [0.25, 0.3) is 0 Å². The summed E-state index contributed by atoms with van der Waals surface area (Å²) in [5.41, 5.74) is 2.04. The number of hydrogen-bond donors (Lipinski definition) is 2. The van der Waals surface area contributed by atoms with Crippen molar-refractivity contribution in [2.24, 2.45) is 0 Å². The lowest BCUT2D eigenvalue weighted by atomic mass is 10.1. The van der Waals surface area contributed by atoms with E-state index < -0.39 is 0 Å². The molecule has 0 atom stereocenters. The second-order valence-electron chi connectivity index (χ2n) is 5.70. The monoisotopic (exact) mass is 326 g/mol. The summed E-state index contributed by atoms with van der Waals surface area (Å²) in [5.74, 6) is 0.535. The number of Topliss-reactive ketones (excluding diaryl/α,β-unsaturated/α-hetero) is 1.